The molecule has 1 aliphatic carbocycles. The lowest BCUT2D eigenvalue weighted by Crippen LogP contribution is -2.45. The van der Waals surface area contributed by atoms with Crippen LogP contribution in [0.15, 0.2) is 10.6 Å². The van der Waals surface area contributed by atoms with E-state index >= 15 is 0 Å². The van der Waals surface area contributed by atoms with Gasteiger partial charge in [-0.1, -0.05) is 24.4 Å². The van der Waals surface area contributed by atoms with Gasteiger partial charge in [-0.05, 0) is 38.5 Å². The first-order valence-electron chi connectivity index (χ1n) is 7.50. The summed E-state index contributed by atoms with van der Waals surface area (Å²) in [4.78, 5) is 14.7. The topological polar surface area (TPSA) is 46.3 Å². The summed E-state index contributed by atoms with van der Waals surface area (Å²) in [6.07, 6.45) is 8.68. The molecule has 2 atom stereocenters. The molecule has 0 aromatic carbocycles. The van der Waals surface area contributed by atoms with Crippen LogP contribution in [0.2, 0.25) is 0 Å². The maximum atomic E-state index is 12.6. The molecule has 4 nitrogen and oxygen atoms in total. The third-order valence-electron chi connectivity index (χ3n) is 4.60. The highest BCUT2D eigenvalue weighted by Crippen LogP contribution is 2.35. The summed E-state index contributed by atoms with van der Waals surface area (Å²) in [7, 11) is 0. The van der Waals surface area contributed by atoms with Crippen molar-refractivity contribution in [2.45, 2.75) is 57.9 Å². The van der Waals surface area contributed by atoms with Crippen molar-refractivity contribution in [1.29, 1.82) is 0 Å². The van der Waals surface area contributed by atoms with Gasteiger partial charge in [-0.2, -0.15) is 0 Å². The van der Waals surface area contributed by atoms with Crippen molar-refractivity contribution >= 4 is 5.91 Å². The Balaban J connectivity index is 1.82. The Morgan fingerprint density at radius 1 is 1.26 bits per heavy atom. The van der Waals surface area contributed by atoms with Crippen LogP contribution < -0.4 is 0 Å². The zero-order chi connectivity index (χ0) is 13.2. The number of hydrogen-bond acceptors (Lipinski definition) is 3. The monoisotopic (exact) mass is 262 g/mol. The molecule has 1 aromatic rings. The first-order valence-corrected chi connectivity index (χ1v) is 7.50. The Bertz CT molecular complexity index is 455. The third kappa shape index (κ3) is 2.53. The van der Waals surface area contributed by atoms with Gasteiger partial charge in [0, 0.05) is 18.7 Å². The second-order valence-corrected chi connectivity index (χ2v) is 5.93. The minimum Gasteiger partial charge on any atom is -0.361 e. The zero-order valence-corrected chi connectivity index (χ0v) is 11.6. The summed E-state index contributed by atoms with van der Waals surface area (Å²) in [5.74, 6) is 1.47. The molecule has 1 saturated heterocycles. The highest BCUT2D eigenvalue weighted by molar-refractivity contribution is 5.92. The lowest BCUT2D eigenvalue weighted by atomic mass is 9.81. The maximum absolute atomic E-state index is 12.6. The van der Waals surface area contributed by atoms with Gasteiger partial charge in [0.2, 0.25) is 0 Å². The molecule has 0 radical (unpaired) electrons. The third-order valence-corrected chi connectivity index (χ3v) is 4.60. The molecule has 0 spiro atoms. The summed E-state index contributed by atoms with van der Waals surface area (Å²) in [6.45, 7) is 2.71. The molecule has 3 rings (SSSR count). The Morgan fingerprint density at radius 3 is 2.74 bits per heavy atom. The summed E-state index contributed by atoms with van der Waals surface area (Å²) in [5, 5.41) is 3.89. The normalized spacial score (nSPS) is 27.7. The fourth-order valence-corrected chi connectivity index (χ4v) is 3.66. The van der Waals surface area contributed by atoms with Gasteiger partial charge in [-0.3, -0.25) is 4.79 Å². The Kier molecular flexibility index (Phi) is 3.58. The second kappa shape index (κ2) is 5.35. The number of rotatable bonds is 1. The fourth-order valence-electron chi connectivity index (χ4n) is 3.66. The van der Waals surface area contributed by atoms with Crippen LogP contribution in [0.1, 0.15) is 61.2 Å². The Labute approximate surface area is 114 Å². The van der Waals surface area contributed by atoms with Crippen LogP contribution in [0.5, 0.6) is 0 Å². The van der Waals surface area contributed by atoms with Gasteiger partial charge in [-0.25, -0.2) is 0 Å². The first-order chi connectivity index (χ1) is 9.25. The quantitative estimate of drug-likeness (QED) is 0.781. The van der Waals surface area contributed by atoms with E-state index in [0.717, 1.165) is 19.4 Å². The summed E-state index contributed by atoms with van der Waals surface area (Å²) in [5.41, 5.74) is 0.476. The molecule has 19 heavy (non-hydrogen) atoms. The van der Waals surface area contributed by atoms with E-state index in [4.69, 9.17) is 4.52 Å². The molecule has 2 heterocycles. The van der Waals surface area contributed by atoms with Gasteiger partial charge in [0.1, 0.15) is 5.76 Å². The molecule has 1 amide bonds. The highest BCUT2D eigenvalue weighted by atomic mass is 16.5. The molecule has 1 aliphatic heterocycles. The molecule has 4 heteroatoms. The fraction of sp³-hybridized carbons (Fsp3) is 0.733. The van der Waals surface area contributed by atoms with Crippen molar-refractivity contribution in [2.75, 3.05) is 6.54 Å². The predicted octanol–water partition coefficient (Wildman–Crippen LogP) is 3.17. The lowest BCUT2D eigenvalue weighted by Gasteiger charge is -2.37. The van der Waals surface area contributed by atoms with Crippen molar-refractivity contribution in [3.63, 3.8) is 0 Å². The number of carbonyl (C=O) groups is 1. The van der Waals surface area contributed by atoms with E-state index < -0.39 is 0 Å². The van der Waals surface area contributed by atoms with Gasteiger partial charge in [0.15, 0.2) is 5.69 Å². The average molecular weight is 262 g/mol. The maximum Gasteiger partial charge on any atom is 0.276 e. The molecule has 0 unspecified atom stereocenters. The van der Waals surface area contributed by atoms with Crippen LogP contribution in [-0.2, 0) is 0 Å². The second-order valence-electron chi connectivity index (χ2n) is 5.93. The highest BCUT2D eigenvalue weighted by Gasteiger charge is 2.35. The summed E-state index contributed by atoms with van der Waals surface area (Å²) < 4.78 is 5.05. The van der Waals surface area contributed by atoms with Crippen molar-refractivity contribution in [3.8, 4) is 0 Å². The lowest BCUT2D eigenvalue weighted by molar-refractivity contribution is 0.0559. The van der Waals surface area contributed by atoms with Crippen LogP contribution in [0.4, 0.5) is 0 Å². The van der Waals surface area contributed by atoms with E-state index in [2.05, 4.69) is 10.1 Å². The standard InChI is InChI=1S/C15H22N2O2/c1-11-10-13(16-19-11)15(18)17-9-5-4-7-12-6-2-3-8-14(12)17/h10,12,14H,2-9H2,1H3/t12-,14+/m1/s1. The predicted molar refractivity (Wildman–Crippen MR) is 71.9 cm³/mol. The molecule has 0 N–H and O–H groups in total. The summed E-state index contributed by atoms with van der Waals surface area (Å²) in [6, 6.07) is 2.19. The van der Waals surface area contributed by atoms with E-state index in [1.807, 2.05) is 6.92 Å². The first kappa shape index (κ1) is 12.7. The number of amides is 1. The molecule has 2 fully saturated rings. The van der Waals surface area contributed by atoms with Gasteiger partial charge in [-0.15, -0.1) is 0 Å². The van der Waals surface area contributed by atoms with E-state index in [-0.39, 0.29) is 5.91 Å². The van der Waals surface area contributed by atoms with E-state index in [9.17, 15) is 4.79 Å². The molecular weight excluding hydrogens is 240 g/mol. The van der Waals surface area contributed by atoms with E-state index in [0.29, 0.717) is 23.4 Å². The molecule has 104 valence electrons. The number of aryl methyl sites for hydroxylation is 1. The van der Waals surface area contributed by atoms with Crippen LogP contribution >= 0.6 is 0 Å². The van der Waals surface area contributed by atoms with Crippen LogP contribution in [0, 0.1) is 12.8 Å². The minimum atomic E-state index is 0.0654. The van der Waals surface area contributed by atoms with E-state index in [1.165, 1.54) is 32.1 Å². The smallest absolute Gasteiger partial charge is 0.276 e. The largest absolute Gasteiger partial charge is 0.361 e. The van der Waals surface area contributed by atoms with Gasteiger partial charge >= 0.3 is 0 Å². The molecule has 2 aliphatic rings. The number of aromatic nitrogens is 1. The number of hydrogen-bond donors (Lipinski definition) is 0. The van der Waals surface area contributed by atoms with Crippen LogP contribution in [0.3, 0.4) is 0 Å². The van der Waals surface area contributed by atoms with E-state index in [1.54, 1.807) is 6.07 Å². The van der Waals surface area contributed by atoms with Gasteiger partial charge in [0.25, 0.3) is 5.91 Å². The van der Waals surface area contributed by atoms with Gasteiger partial charge < -0.3 is 9.42 Å². The minimum absolute atomic E-state index is 0.0654. The van der Waals surface area contributed by atoms with Crippen LogP contribution in [-0.4, -0.2) is 28.6 Å². The van der Waals surface area contributed by atoms with Crippen molar-refractivity contribution < 1.29 is 9.32 Å². The number of likely N-dealkylation sites (tertiary alicyclic amines) is 1. The number of nitrogens with zero attached hydrogens (tertiary/aromatic N) is 2. The summed E-state index contributed by atoms with van der Waals surface area (Å²) >= 11 is 0. The van der Waals surface area contributed by atoms with Gasteiger partial charge in [0.05, 0.1) is 0 Å². The molecule has 0 bridgehead atoms. The number of fused-ring (bicyclic) bond motifs is 1. The zero-order valence-electron chi connectivity index (χ0n) is 11.6. The van der Waals surface area contributed by atoms with Crippen molar-refractivity contribution in [1.82, 2.24) is 10.1 Å². The average Bonchev–Trinajstić information content (AvgIpc) is 2.74. The Morgan fingerprint density at radius 2 is 2.00 bits per heavy atom. The molecule has 1 aromatic heterocycles. The molecule has 1 saturated carbocycles. The van der Waals surface area contributed by atoms with Crippen molar-refractivity contribution in [2.24, 2.45) is 5.92 Å². The van der Waals surface area contributed by atoms with Crippen LogP contribution in [0.25, 0.3) is 0 Å². The van der Waals surface area contributed by atoms with Crippen molar-refractivity contribution in [3.05, 3.63) is 17.5 Å². The SMILES string of the molecule is Cc1cc(C(=O)N2CCCC[C@H]3CCCC[C@@H]32)no1. The molecular formula is C15H22N2O2. The number of carbonyl (C=O) groups excluding carboxylic acids is 1. The Hall–Kier alpha value is -1.32.